The highest BCUT2D eigenvalue weighted by Gasteiger charge is 2.14. The average molecular weight is 237 g/mol. The van der Waals surface area contributed by atoms with Gasteiger partial charge in [0.2, 0.25) is 0 Å². The van der Waals surface area contributed by atoms with Crippen molar-refractivity contribution in [1.82, 2.24) is 4.98 Å². The van der Waals surface area contributed by atoms with Gasteiger partial charge in [0.1, 0.15) is 5.75 Å². The lowest BCUT2D eigenvalue weighted by molar-refractivity contribution is 0.220. The molecular weight excluding hydrogens is 214 g/mol. The number of unbranched alkanes of at least 4 members (excludes halogenated alkanes) is 1. The Kier molecular flexibility index (Phi) is 5.98. The van der Waals surface area contributed by atoms with Gasteiger partial charge in [-0.2, -0.15) is 0 Å². The number of hydrogen-bond acceptors (Lipinski definition) is 3. The molecule has 0 aliphatic carbocycles. The number of rotatable bonds is 7. The molecule has 0 fully saturated rings. The second-order valence-corrected chi connectivity index (χ2v) is 4.60. The van der Waals surface area contributed by atoms with Crippen LogP contribution in [0, 0.1) is 5.92 Å². The van der Waals surface area contributed by atoms with Gasteiger partial charge in [0.15, 0.2) is 0 Å². The Hall–Kier alpha value is -1.09. The summed E-state index contributed by atoms with van der Waals surface area (Å²) in [6, 6.07) is 2.03. The van der Waals surface area contributed by atoms with Crippen molar-refractivity contribution in [3.05, 3.63) is 24.0 Å². The molecule has 0 aromatic carbocycles. The van der Waals surface area contributed by atoms with Crippen molar-refractivity contribution in [3.63, 3.8) is 0 Å². The van der Waals surface area contributed by atoms with Gasteiger partial charge in [0.05, 0.1) is 12.8 Å². The zero-order valence-corrected chi connectivity index (χ0v) is 11.0. The number of pyridine rings is 1. The van der Waals surface area contributed by atoms with Crippen LogP contribution in [-0.2, 0) is 0 Å². The van der Waals surface area contributed by atoms with E-state index in [1.54, 1.807) is 6.20 Å². The minimum Gasteiger partial charge on any atom is -0.492 e. The Morgan fingerprint density at radius 2 is 2.12 bits per heavy atom. The molecule has 3 heteroatoms. The molecule has 1 rings (SSSR count). The molecule has 0 amide bonds. The largest absolute Gasteiger partial charge is 0.492 e. The van der Waals surface area contributed by atoms with E-state index in [4.69, 9.17) is 9.84 Å². The van der Waals surface area contributed by atoms with Crippen LogP contribution in [0.5, 0.6) is 5.75 Å². The summed E-state index contributed by atoms with van der Waals surface area (Å²) >= 11 is 0. The quantitative estimate of drug-likeness (QED) is 0.741. The highest BCUT2D eigenvalue weighted by Crippen LogP contribution is 2.25. The fourth-order valence-corrected chi connectivity index (χ4v) is 1.58. The lowest BCUT2D eigenvalue weighted by Crippen LogP contribution is -2.11. The molecule has 0 bridgehead atoms. The first-order chi connectivity index (χ1) is 8.19. The van der Waals surface area contributed by atoms with Crippen molar-refractivity contribution in [3.8, 4) is 5.75 Å². The van der Waals surface area contributed by atoms with Gasteiger partial charge < -0.3 is 9.84 Å². The van der Waals surface area contributed by atoms with Crippen molar-refractivity contribution in [2.75, 3.05) is 13.2 Å². The highest BCUT2D eigenvalue weighted by atomic mass is 16.5. The van der Waals surface area contributed by atoms with E-state index in [1.807, 2.05) is 19.2 Å². The van der Waals surface area contributed by atoms with Crippen molar-refractivity contribution in [1.29, 1.82) is 0 Å². The summed E-state index contributed by atoms with van der Waals surface area (Å²) in [6.07, 6.45) is 5.79. The molecule has 1 aromatic heterocycles. The maximum Gasteiger partial charge on any atom is 0.137 e. The van der Waals surface area contributed by atoms with Crippen LogP contribution in [-0.4, -0.2) is 23.3 Å². The highest BCUT2D eigenvalue weighted by molar-refractivity contribution is 5.26. The van der Waals surface area contributed by atoms with Gasteiger partial charge in [-0.05, 0) is 29.9 Å². The third-order valence-electron chi connectivity index (χ3n) is 3.17. The summed E-state index contributed by atoms with van der Waals surface area (Å²) in [7, 11) is 0. The van der Waals surface area contributed by atoms with Gasteiger partial charge in [-0.1, -0.05) is 27.2 Å². The Balaban J connectivity index is 2.64. The third-order valence-corrected chi connectivity index (χ3v) is 3.17. The minimum atomic E-state index is 0.197. The van der Waals surface area contributed by atoms with Crippen LogP contribution in [0.4, 0.5) is 0 Å². The number of aliphatic hydroxyl groups excluding tert-OH is 1. The number of aliphatic hydroxyl groups is 1. The molecule has 1 N–H and O–H groups in total. The molecule has 1 unspecified atom stereocenters. The maximum absolute atomic E-state index is 9.16. The predicted molar refractivity (Wildman–Crippen MR) is 69.3 cm³/mol. The summed E-state index contributed by atoms with van der Waals surface area (Å²) < 4.78 is 5.63. The maximum atomic E-state index is 9.16. The second-order valence-electron chi connectivity index (χ2n) is 4.60. The van der Waals surface area contributed by atoms with E-state index in [-0.39, 0.29) is 12.5 Å². The van der Waals surface area contributed by atoms with Gasteiger partial charge in [-0.3, -0.25) is 4.98 Å². The van der Waals surface area contributed by atoms with Gasteiger partial charge in [0, 0.05) is 12.8 Å². The summed E-state index contributed by atoms with van der Waals surface area (Å²) in [5, 5.41) is 9.16. The molecule has 0 aliphatic rings. The number of nitrogens with zero attached hydrogens (tertiary/aromatic N) is 1. The number of aromatic nitrogens is 1. The summed E-state index contributed by atoms with van der Waals surface area (Å²) in [5.41, 5.74) is 1.13. The Labute approximate surface area is 104 Å². The van der Waals surface area contributed by atoms with Crippen LogP contribution in [0.3, 0.4) is 0 Å². The van der Waals surface area contributed by atoms with E-state index in [9.17, 15) is 0 Å². The van der Waals surface area contributed by atoms with Gasteiger partial charge in [0.25, 0.3) is 0 Å². The van der Waals surface area contributed by atoms with E-state index in [1.165, 1.54) is 0 Å². The molecule has 0 radical (unpaired) electrons. The van der Waals surface area contributed by atoms with E-state index < -0.39 is 0 Å². The van der Waals surface area contributed by atoms with Crippen molar-refractivity contribution >= 4 is 0 Å². The Bertz CT molecular complexity index is 328. The molecule has 96 valence electrons. The van der Waals surface area contributed by atoms with E-state index in [0.29, 0.717) is 5.92 Å². The van der Waals surface area contributed by atoms with E-state index in [0.717, 1.165) is 30.8 Å². The van der Waals surface area contributed by atoms with Crippen LogP contribution in [0.15, 0.2) is 18.5 Å². The smallest absolute Gasteiger partial charge is 0.137 e. The average Bonchev–Trinajstić information content (AvgIpc) is 2.37. The van der Waals surface area contributed by atoms with Crippen LogP contribution in [0.25, 0.3) is 0 Å². The summed E-state index contributed by atoms with van der Waals surface area (Å²) in [5.74, 6) is 1.36. The molecule has 0 saturated heterocycles. The van der Waals surface area contributed by atoms with E-state index in [2.05, 4.69) is 18.8 Å². The van der Waals surface area contributed by atoms with Crippen LogP contribution in [0.1, 0.15) is 45.1 Å². The molecule has 1 heterocycles. The fourth-order valence-electron chi connectivity index (χ4n) is 1.58. The first-order valence-corrected chi connectivity index (χ1v) is 6.37. The third kappa shape index (κ3) is 4.35. The van der Waals surface area contributed by atoms with Gasteiger partial charge in [-0.25, -0.2) is 0 Å². The summed E-state index contributed by atoms with van der Waals surface area (Å²) in [6.45, 7) is 7.22. The second kappa shape index (κ2) is 7.28. The van der Waals surface area contributed by atoms with Gasteiger partial charge in [-0.15, -0.1) is 0 Å². The molecule has 17 heavy (non-hydrogen) atoms. The predicted octanol–water partition coefficient (Wildman–Crippen LogP) is 2.99. The van der Waals surface area contributed by atoms with Crippen molar-refractivity contribution < 1.29 is 9.84 Å². The normalized spacial score (nSPS) is 14.4. The first-order valence-electron chi connectivity index (χ1n) is 6.37. The fraction of sp³-hybridized carbons (Fsp3) is 0.643. The first kappa shape index (κ1) is 14.0. The molecule has 0 saturated carbocycles. The molecule has 0 spiro atoms. The van der Waals surface area contributed by atoms with Gasteiger partial charge >= 0.3 is 0 Å². The topological polar surface area (TPSA) is 42.4 Å². The zero-order valence-electron chi connectivity index (χ0n) is 11.0. The standard InChI is InChI=1S/C14H23NO2/c1-4-5-6-17-14-7-13(8-15-9-14)12(3)11(2)10-16/h7-9,11-12,16H,4-6,10H2,1-3H3/t11-,12?/m1/s1. The lowest BCUT2D eigenvalue weighted by Gasteiger charge is -2.18. The Morgan fingerprint density at radius 1 is 1.35 bits per heavy atom. The van der Waals surface area contributed by atoms with Crippen LogP contribution < -0.4 is 4.74 Å². The van der Waals surface area contributed by atoms with Crippen LogP contribution >= 0.6 is 0 Å². The van der Waals surface area contributed by atoms with Crippen LogP contribution in [0.2, 0.25) is 0 Å². The zero-order chi connectivity index (χ0) is 12.7. The Morgan fingerprint density at radius 3 is 2.76 bits per heavy atom. The molecule has 1 aromatic rings. The molecule has 0 aliphatic heterocycles. The van der Waals surface area contributed by atoms with Crippen molar-refractivity contribution in [2.45, 2.75) is 39.5 Å². The molecule has 3 nitrogen and oxygen atoms in total. The minimum absolute atomic E-state index is 0.197. The summed E-state index contributed by atoms with van der Waals surface area (Å²) in [4.78, 5) is 4.19. The molecule has 2 atom stereocenters. The number of hydrogen-bond donors (Lipinski definition) is 1. The number of ether oxygens (including phenoxy) is 1. The lowest BCUT2D eigenvalue weighted by atomic mass is 9.90. The van der Waals surface area contributed by atoms with Crippen molar-refractivity contribution in [2.24, 2.45) is 5.92 Å². The SMILES string of the molecule is CCCCOc1cncc(C(C)[C@H](C)CO)c1. The monoisotopic (exact) mass is 237 g/mol. The van der Waals surface area contributed by atoms with E-state index >= 15 is 0 Å². The molecular formula is C14H23NO2.